The number of benzene rings is 2. The fourth-order valence-corrected chi connectivity index (χ4v) is 3.21. The number of aromatic hydroxyl groups is 1. The van der Waals surface area contributed by atoms with E-state index in [0.717, 1.165) is 0 Å². The number of carbonyl (C=O) groups is 1. The van der Waals surface area contributed by atoms with Gasteiger partial charge in [-0.15, -0.1) is 0 Å². The largest absolute Gasteiger partial charge is 0.508 e. The lowest BCUT2D eigenvalue weighted by Gasteiger charge is -2.08. The third kappa shape index (κ3) is 5.07. The molecule has 4 nitrogen and oxygen atoms in total. The van der Waals surface area contributed by atoms with Crippen molar-refractivity contribution in [2.75, 3.05) is 0 Å². The summed E-state index contributed by atoms with van der Waals surface area (Å²) in [4.78, 5) is 12.1. The molecule has 0 aliphatic heterocycles. The summed E-state index contributed by atoms with van der Waals surface area (Å²) in [5.41, 5.74) is 0.383. The number of ether oxygens (including phenoxy) is 1. The van der Waals surface area contributed by atoms with Gasteiger partial charge in [-0.1, -0.05) is 46.9 Å². The van der Waals surface area contributed by atoms with E-state index in [0.29, 0.717) is 37.9 Å². The number of hydrogen-bond acceptors (Lipinski definition) is 4. The topological polar surface area (TPSA) is 59.7 Å². The molecule has 0 aliphatic rings. The Hall–Kier alpha value is -2.40. The maximum atomic E-state index is 12.1. The summed E-state index contributed by atoms with van der Waals surface area (Å²) in [5, 5.41) is 10.4. The molecule has 138 valence electrons. The average Bonchev–Trinajstić information content (AvgIpc) is 3.06. The van der Waals surface area contributed by atoms with Gasteiger partial charge in [-0.3, -0.25) is 4.79 Å². The van der Waals surface area contributed by atoms with Gasteiger partial charge in [-0.25, -0.2) is 0 Å². The van der Waals surface area contributed by atoms with Crippen LogP contribution in [0.25, 0.3) is 6.08 Å². The summed E-state index contributed by atoms with van der Waals surface area (Å²) in [6.45, 7) is 0.107. The van der Waals surface area contributed by atoms with Crippen molar-refractivity contribution in [2.45, 2.75) is 6.61 Å². The summed E-state index contributed by atoms with van der Waals surface area (Å²) in [6, 6.07) is 12.6. The molecule has 0 fully saturated rings. The van der Waals surface area contributed by atoms with Crippen LogP contribution in [0.2, 0.25) is 15.1 Å². The second-order valence-corrected chi connectivity index (χ2v) is 6.79. The van der Waals surface area contributed by atoms with Crippen LogP contribution in [0.4, 0.5) is 0 Å². The van der Waals surface area contributed by atoms with E-state index < -0.39 is 0 Å². The van der Waals surface area contributed by atoms with Crippen molar-refractivity contribution in [3.05, 3.63) is 86.8 Å². The Kier molecular flexibility index (Phi) is 6.11. The molecule has 0 saturated carbocycles. The Morgan fingerprint density at radius 3 is 2.52 bits per heavy atom. The number of halogens is 3. The number of carbonyl (C=O) groups excluding carboxylic acids is 1. The van der Waals surface area contributed by atoms with Gasteiger partial charge in [0.05, 0.1) is 10.0 Å². The molecule has 0 saturated heterocycles. The number of phenols is 1. The highest BCUT2D eigenvalue weighted by Gasteiger charge is 2.11. The molecular formula is C20H13Cl3O4. The predicted molar refractivity (Wildman–Crippen MR) is 106 cm³/mol. The van der Waals surface area contributed by atoms with Crippen molar-refractivity contribution >= 4 is 46.7 Å². The van der Waals surface area contributed by atoms with Crippen LogP contribution in [0.3, 0.4) is 0 Å². The second kappa shape index (κ2) is 8.53. The Bertz CT molecular complexity index is 985. The Labute approximate surface area is 170 Å². The van der Waals surface area contributed by atoms with Crippen LogP contribution in [0.1, 0.15) is 21.9 Å². The fraction of sp³-hybridized carbons (Fsp3) is 0.0500. The number of furan rings is 1. The lowest BCUT2D eigenvalue weighted by molar-refractivity contribution is 0.104. The zero-order valence-electron chi connectivity index (χ0n) is 13.8. The van der Waals surface area contributed by atoms with Gasteiger partial charge in [0.2, 0.25) is 0 Å². The molecule has 0 aliphatic carbocycles. The summed E-state index contributed by atoms with van der Waals surface area (Å²) in [5.74, 6) is 1.11. The second-order valence-electron chi connectivity index (χ2n) is 5.54. The highest BCUT2D eigenvalue weighted by Crippen LogP contribution is 2.36. The summed E-state index contributed by atoms with van der Waals surface area (Å²) < 4.78 is 11.2. The first-order chi connectivity index (χ1) is 12.9. The fourth-order valence-electron chi connectivity index (χ4n) is 2.29. The zero-order chi connectivity index (χ0) is 19.4. The van der Waals surface area contributed by atoms with E-state index in [1.807, 2.05) is 0 Å². The van der Waals surface area contributed by atoms with Gasteiger partial charge in [0.1, 0.15) is 23.9 Å². The Morgan fingerprint density at radius 2 is 1.81 bits per heavy atom. The molecule has 0 bridgehead atoms. The van der Waals surface area contributed by atoms with Gasteiger partial charge < -0.3 is 14.3 Å². The van der Waals surface area contributed by atoms with Crippen LogP contribution in [-0.4, -0.2) is 10.9 Å². The number of rotatable bonds is 6. The zero-order valence-corrected chi connectivity index (χ0v) is 16.1. The molecule has 1 N–H and O–H groups in total. The van der Waals surface area contributed by atoms with Gasteiger partial charge >= 0.3 is 0 Å². The number of ketones is 1. The van der Waals surface area contributed by atoms with E-state index in [4.69, 9.17) is 44.0 Å². The summed E-state index contributed by atoms with van der Waals surface area (Å²) in [7, 11) is 0. The molecule has 27 heavy (non-hydrogen) atoms. The van der Waals surface area contributed by atoms with E-state index >= 15 is 0 Å². The number of hydrogen-bond donors (Lipinski definition) is 1. The highest BCUT2D eigenvalue weighted by atomic mass is 35.5. The monoisotopic (exact) mass is 422 g/mol. The first-order valence-corrected chi connectivity index (χ1v) is 8.93. The summed E-state index contributed by atoms with van der Waals surface area (Å²) >= 11 is 18.0. The van der Waals surface area contributed by atoms with Crippen molar-refractivity contribution in [1.29, 1.82) is 0 Å². The van der Waals surface area contributed by atoms with Crippen LogP contribution >= 0.6 is 34.8 Å². The summed E-state index contributed by atoms with van der Waals surface area (Å²) in [6.07, 6.45) is 2.91. The molecule has 7 heteroatoms. The molecular weight excluding hydrogens is 411 g/mol. The van der Waals surface area contributed by atoms with E-state index in [9.17, 15) is 9.90 Å². The Morgan fingerprint density at radius 1 is 1.07 bits per heavy atom. The van der Waals surface area contributed by atoms with Crippen LogP contribution in [0.15, 0.2) is 59.0 Å². The molecule has 0 amide bonds. The van der Waals surface area contributed by atoms with Crippen molar-refractivity contribution in [3.63, 3.8) is 0 Å². The minimum Gasteiger partial charge on any atom is -0.508 e. The minimum absolute atomic E-state index is 0.0335. The SMILES string of the molecule is O=C(/C=C/c1ccc(COc2c(Cl)cc(Cl)cc2Cl)o1)c1cccc(O)c1. The van der Waals surface area contributed by atoms with Crippen LogP contribution in [-0.2, 0) is 6.61 Å². The number of phenolic OH excluding ortho intramolecular Hbond substituents is 1. The molecule has 3 aromatic rings. The molecule has 0 radical (unpaired) electrons. The van der Waals surface area contributed by atoms with E-state index in [-0.39, 0.29) is 18.1 Å². The maximum Gasteiger partial charge on any atom is 0.186 e. The van der Waals surface area contributed by atoms with E-state index in [1.165, 1.54) is 36.4 Å². The lowest BCUT2D eigenvalue weighted by Crippen LogP contribution is -1.95. The van der Waals surface area contributed by atoms with Crippen LogP contribution in [0.5, 0.6) is 11.5 Å². The van der Waals surface area contributed by atoms with Crippen LogP contribution in [0, 0.1) is 0 Å². The van der Waals surface area contributed by atoms with Gasteiger partial charge in [0.25, 0.3) is 0 Å². The van der Waals surface area contributed by atoms with Gasteiger partial charge in [-0.05, 0) is 48.6 Å². The predicted octanol–water partition coefficient (Wildman–Crippen LogP) is 6.42. The first kappa shape index (κ1) is 19.4. The quantitative estimate of drug-likeness (QED) is 0.367. The van der Waals surface area contributed by atoms with Gasteiger partial charge in [0, 0.05) is 10.6 Å². The van der Waals surface area contributed by atoms with Gasteiger partial charge in [0.15, 0.2) is 11.5 Å². The molecule has 3 rings (SSSR count). The standard InChI is InChI=1S/C20H13Cl3O4/c21-13-9-17(22)20(18(23)10-13)26-11-16-5-4-15(27-16)6-7-19(25)12-2-1-3-14(24)8-12/h1-10,24H,11H2/b7-6+. The normalized spacial score (nSPS) is 11.1. The Balaban J connectivity index is 1.64. The molecule has 2 aromatic carbocycles. The average molecular weight is 424 g/mol. The highest BCUT2D eigenvalue weighted by molar-refractivity contribution is 6.40. The maximum absolute atomic E-state index is 12.1. The smallest absolute Gasteiger partial charge is 0.186 e. The molecule has 1 heterocycles. The first-order valence-electron chi connectivity index (χ1n) is 7.80. The van der Waals surface area contributed by atoms with E-state index in [2.05, 4.69) is 0 Å². The van der Waals surface area contributed by atoms with Crippen molar-refractivity contribution in [2.24, 2.45) is 0 Å². The molecule has 0 atom stereocenters. The van der Waals surface area contributed by atoms with E-state index in [1.54, 1.807) is 24.3 Å². The van der Waals surface area contributed by atoms with Crippen molar-refractivity contribution in [3.8, 4) is 11.5 Å². The molecule has 0 spiro atoms. The third-order valence-electron chi connectivity index (χ3n) is 3.53. The third-order valence-corrected chi connectivity index (χ3v) is 4.31. The number of allylic oxidation sites excluding steroid dienone is 1. The molecule has 0 unspecified atom stereocenters. The minimum atomic E-state index is -0.250. The van der Waals surface area contributed by atoms with Gasteiger partial charge in [-0.2, -0.15) is 0 Å². The van der Waals surface area contributed by atoms with Crippen molar-refractivity contribution in [1.82, 2.24) is 0 Å². The molecule has 1 aromatic heterocycles. The van der Waals surface area contributed by atoms with Crippen LogP contribution < -0.4 is 4.74 Å². The lowest BCUT2D eigenvalue weighted by atomic mass is 10.1. The van der Waals surface area contributed by atoms with Crippen molar-refractivity contribution < 1.29 is 19.1 Å².